The number of nitrogens with zero attached hydrogens (tertiary/aromatic N) is 2. The molecule has 0 aliphatic carbocycles. The standard InChI is InChI=1S/C13H22N2OS/c1-4-15(5-2)8-9-17-13-7-6-12(10-14-13)11(3)16/h6-7,10-11,16H,4-5,8-9H2,1-3H3. The number of hydrogen-bond donors (Lipinski definition) is 1. The summed E-state index contributed by atoms with van der Waals surface area (Å²) >= 11 is 1.77. The molecule has 0 bridgehead atoms. The SMILES string of the molecule is CCN(CC)CCSc1ccc(C(C)O)cn1. The lowest BCUT2D eigenvalue weighted by molar-refractivity contribution is 0.198. The molecule has 0 aliphatic rings. The molecule has 3 nitrogen and oxygen atoms in total. The molecule has 0 saturated heterocycles. The molecule has 0 fully saturated rings. The van der Waals surface area contributed by atoms with Crippen molar-refractivity contribution in [3.05, 3.63) is 23.9 Å². The number of aliphatic hydroxyl groups is 1. The van der Waals surface area contributed by atoms with E-state index in [1.54, 1.807) is 24.9 Å². The highest BCUT2D eigenvalue weighted by Gasteiger charge is 2.03. The zero-order chi connectivity index (χ0) is 12.7. The Morgan fingerprint density at radius 2 is 2.06 bits per heavy atom. The first-order valence-corrected chi connectivity index (χ1v) is 7.15. The lowest BCUT2D eigenvalue weighted by atomic mass is 10.2. The molecule has 1 heterocycles. The van der Waals surface area contributed by atoms with Crippen molar-refractivity contribution >= 4 is 11.8 Å². The van der Waals surface area contributed by atoms with Gasteiger partial charge in [0, 0.05) is 18.5 Å². The largest absolute Gasteiger partial charge is 0.389 e. The van der Waals surface area contributed by atoms with Crippen LogP contribution in [0, 0.1) is 0 Å². The monoisotopic (exact) mass is 254 g/mol. The molecule has 1 aromatic rings. The zero-order valence-corrected chi connectivity index (χ0v) is 11.7. The highest BCUT2D eigenvalue weighted by Crippen LogP contribution is 2.18. The molecule has 1 rings (SSSR count). The van der Waals surface area contributed by atoms with E-state index in [0.717, 1.165) is 36.0 Å². The Morgan fingerprint density at radius 1 is 1.35 bits per heavy atom. The summed E-state index contributed by atoms with van der Waals surface area (Å²) in [6.45, 7) is 9.42. The molecule has 1 atom stereocenters. The lowest BCUT2D eigenvalue weighted by Crippen LogP contribution is -2.25. The van der Waals surface area contributed by atoms with Crippen molar-refractivity contribution in [1.82, 2.24) is 9.88 Å². The van der Waals surface area contributed by atoms with E-state index in [2.05, 4.69) is 23.7 Å². The van der Waals surface area contributed by atoms with Crippen LogP contribution >= 0.6 is 11.8 Å². The minimum absolute atomic E-state index is 0.433. The van der Waals surface area contributed by atoms with Crippen molar-refractivity contribution in [2.45, 2.75) is 31.9 Å². The van der Waals surface area contributed by atoms with Crippen LogP contribution in [0.15, 0.2) is 23.4 Å². The van der Waals surface area contributed by atoms with Crippen molar-refractivity contribution in [3.8, 4) is 0 Å². The summed E-state index contributed by atoms with van der Waals surface area (Å²) < 4.78 is 0. The van der Waals surface area contributed by atoms with E-state index in [9.17, 15) is 5.11 Å². The zero-order valence-electron chi connectivity index (χ0n) is 10.9. The van der Waals surface area contributed by atoms with E-state index in [1.807, 2.05) is 12.1 Å². The Kier molecular flexibility index (Phi) is 6.55. The number of aromatic nitrogens is 1. The maximum Gasteiger partial charge on any atom is 0.0960 e. The average molecular weight is 254 g/mol. The maximum atomic E-state index is 9.37. The third kappa shape index (κ3) is 5.06. The van der Waals surface area contributed by atoms with E-state index in [0.29, 0.717) is 0 Å². The molecule has 96 valence electrons. The van der Waals surface area contributed by atoms with Gasteiger partial charge in [0.2, 0.25) is 0 Å². The fourth-order valence-corrected chi connectivity index (χ4v) is 2.39. The summed E-state index contributed by atoms with van der Waals surface area (Å²) in [6.07, 6.45) is 1.32. The first kappa shape index (κ1) is 14.5. The van der Waals surface area contributed by atoms with Crippen LogP contribution in [0.2, 0.25) is 0 Å². The number of aliphatic hydroxyl groups excluding tert-OH is 1. The van der Waals surface area contributed by atoms with Gasteiger partial charge in [-0.3, -0.25) is 0 Å². The van der Waals surface area contributed by atoms with Gasteiger partial charge < -0.3 is 10.0 Å². The van der Waals surface area contributed by atoms with Gasteiger partial charge in [-0.05, 0) is 31.6 Å². The Balaban J connectivity index is 2.37. The van der Waals surface area contributed by atoms with Crippen LogP contribution in [0.4, 0.5) is 0 Å². The van der Waals surface area contributed by atoms with Crippen molar-refractivity contribution < 1.29 is 5.11 Å². The Hall–Kier alpha value is -0.580. The second-order valence-electron chi connectivity index (χ2n) is 3.98. The van der Waals surface area contributed by atoms with Gasteiger partial charge in [-0.1, -0.05) is 19.9 Å². The molecule has 0 aliphatic heterocycles. The van der Waals surface area contributed by atoms with Gasteiger partial charge in [0.25, 0.3) is 0 Å². The van der Waals surface area contributed by atoms with Gasteiger partial charge in [-0.25, -0.2) is 4.98 Å². The van der Waals surface area contributed by atoms with Crippen molar-refractivity contribution in [3.63, 3.8) is 0 Å². The van der Waals surface area contributed by atoms with Crippen LogP contribution < -0.4 is 0 Å². The van der Waals surface area contributed by atoms with E-state index in [4.69, 9.17) is 0 Å². The molecule has 1 unspecified atom stereocenters. The first-order valence-electron chi connectivity index (χ1n) is 6.16. The number of rotatable bonds is 7. The van der Waals surface area contributed by atoms with Crippen molar-refractivity contribution in [1.29, 1.82) is 0 Å². The summed E-state index contributed by atoms with van der Waals surface area (Å²) in [5, 5.41) is 10.4. The highest BCUT2D eigenvalue weighted by atomic mass is 32.2. The molecule has 4 heteroatoms. The van der Waals surface area contributed by atoms with Crippen molar-refractivity contribution in [2.75, 3.05) is 25.4 Å². The molecule has 1 N–H and O–H groups in total. The van der Waals surface area contributed by atoms with Gasteiger partial charge in [0.05, 0.1) is 11.1 Å². The molecular weight excluding hydrogens is 232 g/mol. The predicted octanol–water partition coefficient (Wildman–Crippen LogP) is 2.57. The first-order chi connectivity index (χ1) is 8.17. The lowest BCUT2D eigenvalue weighted by Gasteiger charge is -2.17. The molecule has 0 spiro atoms. The van der Waals surface area contributed by atoms with Crippen molar-refractivity contribution in [2.24, 2.45) is 0 Å². The van der Waals surface area contributed by atoms with E-state index in [-0.39, 0.29) is 0 Å². The Labute approximate surface area is 108 Å². The molecule has 0 saturated carbocycles. The molecule has 0 amide bonds. The molecule has 17 heavy (non-hydrogen) atoms. The summed E-state index contributed by atoms with van der Waals surface area (Å²) in [7, 11) is 0. The Bertz CT molecular complexity index is 310. The van der Waals surface area contributed by atoms with E-state index < -0.39 is 6.10 Å². The quantitative estimate of drug-likeness (QED) is 0.759. The molecule has 0 radical (unpaired) electrons. The number of pyridine rings is 1. The fraction of sp³-hybridized carbons (Fsp3) is 0.615. The predicted molar refractivity (Wildman–Crippen MR) is 73.4 cm³/mol. The average Bonchev–Trinajstić information content (AvgIpc) is 2.35. The van der Waals surface area contributed by atoms with Crippen LogP contribution in [0.3, 0.4) is 0 Å². The van der Waals surface area contributed by atoms with Crippen LogP contribution in [0.5, 0.6) is 0 Å². The van der Waals surface area contributed by atoms with Crippen LogP contribution in [-0.4, -0.2) is 40.4 Å². The number of thioether (sulfide) groups is 1. The highest BCUT2D eigenvalue weighted by molar-refractivity contribution is 7.99. The van der Waals surface area contributed by atoms with Crippen LogP contribution in [-0.2, 0) is 0 Å². The third-order valence-corrected chi connectivity index (χ3v) is 3.72. The van der Waals surface area contributed by atoms with Gasteiger partial charge in [-0.2, -0.15) is 0 Å². The maximum absolute atomic E-state index is 9.37. The topological polar surface area (TPSA) is 36.4 Å². The van der Waals surface area contributed by atoms with Gasteiger partial charge in [-0.15, -0.1) is 11.8 Å². The number of hydrogen-bond acceptors (Lipinski definition) is 4. The summed E-state index contributed by atoms with van der Waals surface area (Å²) in [5.74, 6) is 1.06. The van der Waals surface area contributed by atoms with Gasteiger partial charge in [0.1, 0.15) is 0 Å². The third-order valence-electron chi connectivity index (χ3n) is 2.79. The second-order valence-corrected chi connectivity index (χ2v) is 5.10. The Morgan fingerprint density at radius 3 is 2.53 bits per heavy atom. The van der Waals surface area contributed by atoms with Gasteiger partial charge >= 0.3 is 0 Å². The molecule has 1 aromatic heterocycles. The van der Waals surface area contributed by atoms with Crippen LogP contribution in [0.1, 0.15) is 32.4 Å². The van der Waals surface area contributed by atoms with E-state index >= 15 is 0 Å². The minimum atomic E-state index is -0.433. The van der Waals surface area contributed by atoms with E-state index in [1.165, 1.54) is 0 Å². The normalized spacial score (nSPS) is 13.0. The molecule has 0 aromatic carbocycles. The smallest absolute Gasteiger partial charge is 0.0960 e. The summed E-state index contributed by atoms with van der Waals surface area (Å²) in [6, 6.07) is 3.92. The summed E-state index contributed by atoms with van der Waals surface area (Å²) in [5.41, 5.74) is 0.873. The molecular formula is C13H22N2OS. The summed E-state index contributed by atoms with van der Waals surface area (Å²) in [4.78, 5) is 6.73. The minimum Gasteiger partial charge on any atom is -0.389 e. The second kappa shape index (κ2) is 7.69. The fourth-order valence-electron chi connectivity index (χ4n) is 1.54. The van der Waals surface area contributed by atoms with Gasteiger partial charge in [0.15, 0.2) is 0 Å². The van der Waals surface area contributed by atoms with Crippen LogP contribution in [0.25, 0.3) is 0 Å².